The molecule has 9 heteroatoms. The number of nitrogens with zero attached hydrogens (tertiary/aromatic N) is 6. The predicted octanol–water partition coefficient (Wildman–Crippen LogP) is 1.72. The third-order valence-corrected chi connectivity index (χ3v) is 6.44. The Bertz CT molecular complexity index is 1220. The molecular weight excluding hydrogens is 404 g/mol. The van der Waals surface area contributed by atoms with Crippen LogP contribution in [0.4, 0.5) is 5.95 Å². The molecule has 0 bridgehead atoms. The van der Waals surface area contributed by atoms with Gasteiger partial charge in [-0.1, -0.05) is 12.1 Å². The Hall–Kier alpha value is -3.01. The first-order valence-electron chi connectivity index (χ1n) is 11.4. The van der Waals surface area contributed by atoms with Gasteiger partial charge in [0.25, 0.3) is 0 Å². The molecule has 1 aromatic carbocycles. The maximum atomic E-state index is 5.55. The van der Waals surface area contributed by atoms with Gasteiger partial charge in [0.2, 0.25) is 5.95 Å². The summed E-state index contributed by atoms with van der Waals surface area (Å²) in [5.41, 5.74) is 4.01. The minimum atomic E-state index is 0.702. The molecule has 0 atom stereocenters. The number of morpholine rings is 1. The van der Waals surface area contributed by atoms with Crippen LogP contribution in [0.5, 0.6) is 0 Å². The molecule has 6 rings (SSSR count). The van der Waals surface area contributed by atoms with Gasteiger partial charge in [0.1, 0.15) is 0 Å². The molecule has 4 aromatic rings. The van der Waals surface area contributed by atoms with E-state index in [-0.39, 0.29) is 0 Å². The summed E-state index contributed by atoms with van der Waals surface area (Å²) < 4.78 is 7.59. The first kappa shape index (κ1) is 19.7. The Morgan fingerprint density at radius 2 is 1.84 bits per heavy atom. The van der Waals surface area contributed by atoms with E-state index in [0.717, 1.165) is 86.1 Å². The Morgan fingerprint density at radius 3 is 2.72 bits per heavy atom. The zero-order valence-corrected chi connectivity index (χ0v) is 18.1. The molecular formula is C23H28N8O. The average molecular weight is 433 g/mol. The van der Waals surface area contributed by atoms with E-state index in [1.54, 1.807) is 0 Å². The number of piperazine rings is 1. The number of benzene rings is 1. The van der Waals surface area contributed by atoms with Crippen LogP contribution in [0.1, 0.15) is 0 Å². The van der Waals surface area contributed by atoms with Gasteiger partial charge in [-0.3, -0.25) is 4.90 Å². The van der Waals surface area contributed by atoms with Crippen LogP contribution in [0.2, 0.25) is 0 Å². The van der Waals surface area contributed by atoms with Crippen LogP contribution >= 0.6 is 0 Å². The lowest BCUT2D eigenvalue weighted by atomic mass is 10.1. The van der Waals surface area contributed by atoms with Gasteiger partial charge in [0.15, 0.2) is 5.65 Å². The Morgan fingerprint density at radius 1 is 0.969 bits per heavy atom. The van der Waals surface area contributed by atoms with Crippen LogP contribution in [0.25, 0.3) is 33.2 Å². The van der Waals surface area contributed by atoms with Crippen molar-refractivity contribution in [3.63, 3.8) is 0 Å². The molecule has 3 aromatic heterocycles. The second-order valence-corrected chi connectivity index (χ2v) is 8.45. The highest BCUT2D eigenvalue weighted by Gasteiger charge is 2.20. The Kier molecular flexibility index (Phi) is 5.22. The van der Waals surface area contributed by atoms with Gasteiger partial charge in [-0.05, 0) is 17.5 Å². The van der Waals surface area contributed by atoms with Gasteiger partial charge in [-0.2, -0.15) is 10.1 Å². The van der Waals surface area contributed by atoms with Crippen molar-refractivity contribution in [1.29, 1.82) is 0 Å². The van der Waals surface area contributed by atoms with Gasteiger partial charge < -0.3 is 19.9 Å². The minimum Gasteiger partial charge on any atom is -0.378 e. The predicted molar refractivity (Wildman–Crippen MR) is 125 cm³/mol. The average Bonchev–Trinajstić information content (AvgIpc) is 3.50. The van der Waals surface area contributed by atoms with Crippen LogP contribution in [0.15, 0.2) is 36.7 Å². The van der Waals surface area contributed by atoms with E-state index in [1.165, 1.54) is 5.39 Å². The number of ether oxygens (including phenoxy) is 1. The van der Waals surface area contributed by atoms with Crippen molar-refractivity contribution in [2.45, 2.75) is 6.54 Å². The van der Waals surface area contributed by atoms with Gasteiger partial charge in [0, 0.05) is 63.1 Å². The van der Waals surface area contributed by atoms with Crippen molar-refractivity contribution in [2.75, 3.05) is 63.9 Å². The number of aromatic amines is 1. The molecule has 9 nitrogen and oxygen atoms in total. The topological polar surface area (TPSA) is 87.1 Å². The van der Waals surface area contributed by atoms with Crippen molar-refractivity contribution < 1.29 is 4.74 Å². The van der Waals surface area contributed by atoms with E-state index in [0.29, 0.717) is 13.2 Å². The van der Waals surface area contributed by atoms with Crippen molar-refractivity contribution >= 4 is 27.9 Å². The quantitative estimate of drug-likeness (QED) is 0.497. The fourth-order valence-electron chi connectivity index (χ4n) is 4.60. The summed E-state index contributed by atoms with van der Waals surface area (Å²) in [7, 11) is 0. The van der Waals surface area contributed by atoms with E-state index in [1.807, 2.05) is 17.1 Å². The highest BCUT2D eigenvalue weighted by atomic mass is 16.5. The molecule has 0 amide bonds. The second-order valence-electron chi connectivity index (χ2n) is 8.45. The fraction of sp³-hybridized carbons (Fsp3) is 0.435. The second kappa shape index (κ2) is 8.50. The molecule has 2 N–H and O–H groups in total. The van der Waals surface area contributed by atoms with E-state index in [2.05, 4.69) is 44.4 Å². The number of hydrogen-bond acceptors (Lipinski definition) is 7. The van der Waals surface area contributed by atoms with Crippen molar-refractivity contribution in [3.05, 3.63) is 36.7 Å². The highest BCUT2D eigenvalue weighted by Crippen LogP contribution is 2.30. The molecule has 166 valence electrons. The van der Waals surface area contributed by atoms with Gasteiger partial charge in [-0.25, -0.2) is 9.67 Å². The molecule has 0 spiro atoms. The molecule has 0 unspecified atom stereocenters. The summed E-state index contributed by atoms with van der Waals surface area (Å²) in [6.45, 7) is 9.05. The number of H-pyrrole nitrogens is 1. The number of nitrogens with one attached hydrogen (secondary N) is 2. The lowest BCUT2D eigenvalue weighted by molar-refractivity contribution is 0.122. The normalized spacial score (nSPS) is 18.1. The largest absolute Gasteiger partial charge is 0.378 e. The van der Waals surface area contributed by atoms with Crippen LogP contribution in [0, 0.1) is 0 Å². The standard InChI is InChI=1S/C23H28N8O/c1-2-18(15-20-17(1)3-4-25-20)21-19-16-26-31(10-9-29-7-5-24-6-8-29)22(19)28-23(27-21)30-11-13-32-14-12-30/h1-4,15-16,24-25H,5-14H2. The lowest BCUT2D eigenvalue weighted by Crippen LogP contribution is -2.44. The van der Waals surface area contributed by atoms with Crippen molar-refractivity contribution in [3.8, 4) is 11.3 Å². The maximum Gasteiger partial charge on any atom is 0.228 e. The summed E-state index contributed by atoms with van der Waals surface area (Å²) >= 11 is 0. The highest BCUT2D eigenvalue weighted by molar-refractivity contribution is 5.94. The smallest absolute Gasteiger partial charge is 0.228 e. The summed E-state index contributed by atoms with van der Waals surface area (Å²) in [5.74, 6) is 0.756. The third kappa shape index (κ3) is 3.72. The van der Waals surface area contributed by atoms with Crippen LogP contribution in [-0.4, -0.2) is 88.7 Å². The Balaban J connectivity index is 1.41. The summed E-state index contributed by atoms with van der Waals surface area (Å²) in [5, 5.41) is 10.3. The summed E-state index contributed by atoms with van der Waals surface area (Å²) in [6.07, 6.45) is 3.89. The fourth-order valence-corrected chi connectivity index (χ4v) is 4.60. The molecule has 0 aliphatic carbocycles. The van der Waals surface area contributed by atoms with Gasteiger partial charge >= 0.3 is 0 Å². The van der Waals surface area contributed by atoms with Crippen LogP contribution < -0.4 is 10.2 Å². The van der Waals surface area contributed by atoms with E-state index < -0.39 is 0 Å². The number of fused-ring (bicyclic) bond motifs is 2. The van der Waals surface area contributed by atoms with E-state index in [9.17, 15) is 0 Å². The molecule has 2 aliphatic heterocycles. The number of rotatable bonds is 5. The lowest BCUT2D eigenvalue weighted by Gasteiger charge is -2.27. The van der Waals surface area contributed by atoms with Crippen LogP contribution in [0.3, 0.4) is 0 Å². The maximum absolute atomic E-state index is 5.55. The molecule has 32 heavy (non-hydrogen) atoms. The van der Waals surface area contributed by atoms with Crippen LogP contribution in [-0.2, 0) is 11.3 Å². The molecule has 5 heterocycles. The first-order valence-corrected chi connectivity index (χ1v) is 11.4. The minimum absolute atomic E-state index is 0.702. The zero-order chi connectivity index (χ0) is 21.3. The van der Waals surface area contributed by atoms with Crippen molar-refractivity contribution in [2.24, 2.45) is 0 Å². The monoisotopic (exact) mass is 432 g/mol. The summed E-state index contributed by atoms with van der Waals surface area (Å²) in [6, 6.07) is 8.53. The number of aromatic nitrogens is 5. The van der Waals surface area contributed by atoms with Gasteiger partial charge in [-0.15, -0.1) is 0 Å². The molecule has 2 saturated heterocycles. The Labute approximate surface area is 186 Å². The number of hydrogen-bond donors (Lipinski definition) is 2. The number of anilines is 1. The molecule has 0 radical (unpaired) electrons. The van der Waals surface area contributed by atoms with Crippen molar-refractivity contribution in [1.82, 2.24) is 34.9 Å². The molecule has 2 fully saturated rings. The van der Waals surface area contributed by atoms with E-state index in [4.69, 9.17) is 19.8 Å². The summed E-state index contributed by atoms with van der Waals surface area (Å²) in [4.78, 5) is 18.0. The SMILES string of the molecule is c1cc2ccc(-c3nc(N4CCOCC4)nc4c3cnn4CCN3CCNCC3)cc2[nH]1. The molecule has 0 saturated carbocycles. The molecule has 2 aliphatic rings. The van der Waals surface area contributed by atoms with E-state index >= 15 is 0 Å². The third-order valence-electron chi connectivity index (χ3n) is 6.44. The first-order chi connectivity index (χ1) is 15.8. The van der Waals surface area contributed by atoms with Gasteiger partial charge in [0.05, 0.1) is 37.0 Å². The zero-order valence-electron chi connectivity index (χ0n) is 18.1.